The van der Waals surface area contributed by atoms with Gasteiger partial charge in [0, 0.05) is 11.6 Å². The highest BCUT2D eigenvalue weighted by atomic mass is 32.2. The maximum atomic E-state index is 12.8. The van der Waals surface area contributed by atoms with Crippen LogP contribution >= 0.6 is 24.0 Å². The first-order valence-electron chi connectivity index (χ1n) is 8.29. The summed E-state index contributed by atoms with van der Waals surface area (Å²) in [6, 6.07) is 19.2. The Morgan fingerprint density at radius 3 is 2.43 bits per heavy atom. The van der Waals surface area contributed by atoms with Crippen LogP contribution in [0.5, 0.6) is 0 Å². The number of carboxylic acid groups (broad SMARTS) is 1. The molecule has 2 aromatic carbocycles. The highest BCUT2D eigenvalue weighted by Crippen LogP contribution is 2.36. The fraction of sp³-hybridized carbons (Fsp3) is 0. The van der Waals surface area contributed by atoms with E-state index in [1.54, 1.807) is 30.3 Å². The van der Waals surface area contributed by atoms with E-state index in [0.29, 0.717) is 20.7 Å². The molecule has 1 aliphatic heterocycles. The summed E-state index contributed by atoms with van der Waals surface area (Å²) in [6.07, 6.45) is 1.66. The van der Waals surface area contributed by atoms with Crippen LogP contribution in [0, 0.1) is 0 Å². The van der Waals surface area contributed by atoms with Crippen LogP contribution in [0.15, 0.2) is 76.1 Å². The van der Waals surface area contributed by atoms with Gasteiger partial charge in [-0.3, -0.25) is 9.69 Å². The van der Waals surface area contributed by atoms with E-state index in [-0.39, 0.29) is 11.5 Å². The Balaban J connectivity index is 1.58. The van der Waals surface area contributed by atoms with Gasteiger partial charge >= 0.3 is 5.97 Å². The summed E-state index contributed by atoms with van der Waals surface area (Å²) in [5.41, 5.74) is 1.69. The van der Waals surface area contributed by atoms with Crippen molar-refractivity contribution >= 4 is 51.9 Å². The Morgan fingerprint density at radius 2 is 1.75 bits per heavy atom. The van der Waals surface area contributed by atoms with Crippen molar-refractivity contribution < 1.29 is 19.1 Å². The summed E-state index contributed by atoms with van der Waals surface area (Å²) in [6.45, 7) is 0. The predicted octanol–water partition coefficient (Wildman–Crippen LogP) is 5.05. The molecule has 4 rings (SSSR count). The number of thioether (sulfide) groups is 1. The molecule has 3 aromatic rings. The van der Waals surface area contributed by atoms with Gasteiger partial charge in [-0.1, -0.05) is 54.3 Å². The van der Waals surface area contributed by atoms with Gasteiger partial charge in [-0.2, -0.15) is 0 Å². The average Bonchev–Trinajstić information content (AvgIpc) is 3.27. The van der Waals surface area contributed by atoms with Crippen LogP contribution in [-0.2, 0) is 4.79 Å². The molecule has 0 radical (unpaired) electrons. The molecule has 1 fully saturated rings. The number of aromatic carboxylic acids is 1. The van der Waals surface area contributed by atoms with Gasteiger partial charge in [-0.25, -0.2) is 4.79 Å². The molecule has 1 amide bonds. The summed E-state index contributed by atoms with van der Waals surface area (Å²) in [7, 11) is 0. The monoisotopic (exact) mass is 407 g/mol. The van der Waals surface area contributed by atoms with E-state index < -0.39 is 5.97 Å². The molecule has 0 spiro atoms. The Kier molecular flexibility index (Phi) is 4.85. The zero-order valence-electron chi connectivity index (χ0n) is 14.4. The van der Waals surface area contributed by atoms with Crippen molar-refractivity contribution in [3.8, 4) is 11.3 Å². The summed E-state index contributed by atoms with van der Waals surface area (Å²) in [5.74, 6) is -0.0651. The first-order valence-corrected chi connectivity index (χ1v) is 9.52. The average molecular weight is 407 g/mol. The number of hydrogen-bond acceptors (Lipinski definition) is 5. The third kappa shape index (κ3) is 3.49. The summed E-state index contributed by atoms with van der Waals surface area (Å²) in [4.78, 5) is 25.7. The molecule has 0 bridgehead atoms. The van der Waals surface area contributed by atoms with Crippen molar-refractivity contribution in [3.05, 3.63) is 83.0 Å². The lowest BCUT2D eigenvalue weighted by atomic mass is 10.1. The number of carbonyl (C=O) groups is 2. The van der Waals surface area contributed by atoms with Crippen LogP contribution in [-0.4, -0.2) is 21.3 Å². The van der Waals surface area contributed by atoms with Crippen molar-refractivity contribution in [2.24, 2.45) is 0 Å². The Labute approximate surface area is 170 Å². The van der Waals surface area contributed by atoms with Crippen LogP contribution in [0.1, 0.15) is 16.1 Å². The number of carboxylic acids is 1. The zero-order chi connectivity index (χ0) is 19.7. The van der Waals surface area contributed by atoms with E-state index in [9.17, 15) is 9.59 Å². The highest BCUT2D eigenvalue weighted by molar-refractivity contribution is 8.27. The Hall–Kier alpha value is -3.16. The summed E-state index contributed by atoms with van der Waals surface area (Å²) < 4.78 is 6.28. The highest BCUT2D eigenvalue weighted by Gasteiger charge is 2.33. The molecule has 2 heterocycles. The number of nitrogens with zero attached hydrogens (tertiary/aromatic N) is 1. The maximum Gasteiger partial charge on any atom is 0.335 e. The SMILES string of the molecule is O=C(O)c1ccc(-c2ccc(/C=C3\SC(=S)N(c4ccccc4)C3=O)o2)cc1. The lowest BCUT2D eigenvalue weighted by Gasteiger charge is -2.13. The number of para-hydroxylation sites is 1. The van der Waals surface area contributed by atoms with Gasteiger partial charge in [0.1, 0.15) is 11.5 Å². The predicted molar refractivity (Wildman–Crippen MR) is 113 cm³/mol. The molecule has 0 unspecified atom stereocenters. The van der Waals surface area contributed by atoms with Gasteiger partial charge in [0.25, 0.3) is 5.91 Å². The Bertz CT molecular complexity index is 1100. The fourth-order valence-electron chi connectivity index (χ4n) is 2.76. The van der Waals surface area contributed by atoms with Crippen molar-refractivity contribution in [3.63, 3.8) is 0 Å². The van der Waals surface area contributed by atoms with Crippen LogP contribution < -0.4 is 4.90 Å². The van der Waals surface area contributed by atoms with Gasteiger partial charge in [0.05, 0.1) is 16.2 Å². The minimum atomic E-state index is -0.980. The molecule has 1 N–H and O–H groups in total. The minimum Gasteiger partial charge on any atom is -0.478 e. The molecular weight excluding hydrogens is 394 g/mol. The molecule has 0 atom stereocenters. The number of hydrogen-bond donors (Lipinski definition) is 1. The molecule has 1 aromatic heterocycles. The first kappa shape index (κ1) is 18.2. The van der Waals surface area contributed by atoms with E-state index in [1.165, 1.54) is 28.8 Å². The molecule has 0 saturated carbocycles. The van der Waals surface area contributed by atoms with Crippen LogP contribution in [0.25, 0.3) is 17.4 Å². The van der Waals surface area contributed by atoms with Gasteiger partial charge in [0.2, 0.25) is 0 Å². The normalized spacial score (nSPS) is 15.4. The van der Waals surface area contributed by atoms with Crippen molar-refractivity contribution in [2.75, 3.05) is 4.90 Å². The Morgan fingerprint density at radius 1 is 1.04 bits per heavy atom. The van der Waals surface area contributed by atoms with Crippen LogP contribution in [0.4, 0.5) is 5.69 Å². The summed E-state index contributed by atoms with van der Waals surface area (Å²) in [5, 5.41) is 8.98. The molecule has 5 nitrogen and oxygen atoms in total. The number of benzene rings is 2. The molecular formula is C21H13NO4S2. The second kappa shape index (κ2) is 7.46. The molecule has 1 saturated heterocycles. The maximum absolute atomic E-state index is 12.8. The van der Waals surface area contributed by atoms with Gasteiger partial charge in [0.15, 0.2) is 4.32 Å². The number of amides is 1. The molecule has 28 heavy (non-hydrogen) atoms. The van der Waals surface area contributed by atoms with Crippen molar-refractivity contribution in [1.29, 1.82) is 0 Å². The largest absolute Gasteiger partial charge is 0.478 e. The number of carbonyl (C=O) groups excluding carboxylic acids is 1. The standard InChI is InChI=1S/C21H13NO4S2/c23-19-18(28-21(27)22(19)15-4-2-1-3-5-15)12-16-10-11-17(26-16)13-6-8-14(9-7-13)20(24)25/h1-12H,(H,24,25)/b18-12-. The number of rotatable bonds is 4. The van der Waals surface area contributed by atoms with E-state index >= 15 is 0 Å². The lowest BCUT2D eigenvalue weighted by Crippen LogP contribution is -2.27. The fourth-order valence-corrected chi connectivity index (χ4v) is 4.04. The second-order valence-corrected chi connectivity index (χ2v) is 7.61. The molecule has 138 valence electrons. The zero-order valence-corrected chi connectivity index (χ0v) is 16.0. The first-order chi connectivity index (χ1) is 13.5. The third-order valence-electron chi connectivity index (χ3n) is 4.12. The molecule has 7 heteroatoms. The smallest absolute Gasteiger partial charge is 0.335 e. The van der Waals surface area contributed by atoms with Gasteiger partial charge in [-0.15, -0.1) is 0 Å². The van der Waals surface area contributed by atoms with Gasteiger partial charge < -0.3 is 9.52 Å². The van der Waals surface area contributed by atoms with Gasteiger partial charge in [-0.05, 0) is 36.4 Å². The number of anilines is 1. The van der Waals surface area contributed by atoms with Crippen molar-refractivity contribution in [1.82, 2.24) is 0 Å². The topological polar surface area (TPSA) is 70.8 Å². The van der Waals surface area contributed by atoms with E-state index in [2.05, 4.69) is 0 Å². The third-order valence-corrected chi connectivity index (χ3v) is 5.43. The van der Waals surface area contributed by atoms with Crippen LogP contribution in [0.3, 0.4) is 0 Å². The molecule has 1 aliphatic rings. The molecule has 0 aliphatic carbocycles. The summed E-state index contributed by atoms with van der Waals surface area (Å²) >= 11 is 6.58. The van der Waals surface area contributed by atoms with E-state index in [4.69, 9.17) is 21.7 Å². The van der Waals surface area contributed by atoms with E-state index in [0.717, 1.165) is 11.3 Å². The van der Waals surface area contributed by atoms with Crippen LogP contribution in [0.2, 0.25) is 0 Å². The lowest BCUT2D eigenvalue weighted by molar-refractivity contribution is -0.113. The van der Waals surface area contributed by atoms with Crippen molar-refractivity contribution in [2.45, 2.75) is 0 Å². The number of furan rings is 1. The second-order valence-electron chi connectivity index (χ2n) is 5.94. The quantitative estimate of drug-likeness (QED) is 0.482. The van der Waals surface area contributed by atoms with E-state index in [1.807, 2.05) is 30.3 Å². The number of thiocarbonyl (C=S) groups is 1. The minimum absolute atomic E-state index is 0.190.